The molecular formula is C11H20ClN5O3. The third-order valence-electron chi connectivity index (χ3n) is 3.03. The standard InChI is InChI=1S/C11H19N5O3.ClH/c1-3-8(2)10(12)11(17)13-4-5-15-7-9(6-14-15)16(18)19;/h6-8,10H,3-5,12H2,1-2H3,(H,13,17);1H. The second-order valence-electron chi connectivity index (χ2n) is 4.42. The van der Waals surface area contributed by atoms with Gasteiger partial charge in [0, 0.05) is 6.54 Å². The van der Waals surface area contributed by atoms with Crippen molar-refractivity contribution in [2.24, 2.45) is 11.7 Å². The molecule has 0 saturated heterocycles. The number of hydrogen-bond acceptors (Lipinski definition) is 5. The van der Waals surface area contributed by atoms with Crippen molar-refractivity contribution in [2.45, 2.75) is 32.9 Å². The van der Waals surface area contributed by atoms with Gasteiger partial charge in [0.05, 0.1) is 17.5 Å². The molecule has 0 saturated carbocycles. The molecule has 2 unspecified atom stereocenters. The number of hydrogen-bond donors (Lipinski definition) is 2. The molecule has 0 aliphatic rings. The van der Waals surface area contributed by atoms with Crippen LogP contribution in [0.15, 0.2) is 12.4 Å². The van der Waals surface area contributed by atoms with Gasteiger partial charge >= 0.3 is 5.69 Å². The maximum Gasteiger partial charge on any atom is 0.306 e. The van der Waals surface area contributed by atoms with E-state index in [0.29, 0.717) is 13.1 Å². The first-order valence-electron chi connectivity index (χ1n) is 6.15. The molecule has 1 aromatic heterocycles. The number of carbonyl (C=O) groups excluding carboxylic acids is 1. The van der Waals surface area contributed by atoms with E-state index in [1.165, 1.54) is 17.1 Å². The summed E-state index contributed by atoms with van der Waals surface area (Å²) in [5.74, 6) is -0.0956. The minimum atomic E-state index is -0.531. The zero-order valence-corrected chi connectivity index (χ0v) is 12.3. The van der Waals surface area contributed by atoms with Crippen molar-refractivity contribution in [1.82, 2.24) is 15.1 Å². The van der Waals surface area contributed by atoms with Crippen LogP contribution in [0.1, 0.15) is 20.3 Å². The predicted molar refractivity (Wildman–Crippen MR) is 76.6 cm³/mol. The van der Waals surface area contributed by atoms with Crippen LogP contribution in [-0.4, -0.2) is 33.2 Å². The smallest absolute Gasteiger partial charge is 0.306 e. The summed E-state index contributed by atoms with van der Waals surface area (Å²) < 4.78 is 1.41. The van der Waals surface area contributed by atoms with Gasteiger partial charge in [-0.2, -0.15) is 5.10 Å². The lowest BCUT2D eigenvalue weighted by molar-refractivity contribution is -0.385. The molecular weight excluding hydrogens is 286 g/mol. The average molecular weight is 306 g/mol. The second-order valence-corrected chi connectivity index (χ2v) is 4.42. The Morgan fingerprint density at radius 1 is 1.65 bits per heavy atom. The van der Waals surface area contributed by atoms with Gasteiger partial charge in [0.1, 0.15) is 12.4 Å². The van der Waals surface area contributed by atoms with E-state index < -0.39 is 11.0 Å². The highest BCUT2D eigenvalue weighted by molar-refractivity contribution is 5.85. The van der Waals surface area contributed by atoms with E-state index in [1.807, 2.05) is 13.8 Å². The highest BCUT2D eigenvalue weighted by Gasteiger charge is 2.18. The van der Waals surface area contributed by atoms with Gasteiger partial charge in [0.2, 0.25) is 5.91 Å². The summed E-state index contributed by atoms with van der Waals surface area (Å²) in [6, 6.07) is -0.531. The largest absolute Gasteiger partial charge is 0.353 e. The summed E-state index contributed by atoms with van der Waals surface area (Å²) in [5.41, 5.74) is 5.70. The molecule has 8 nitrogen and oxygen atoms in total. The summed E-state index contributed by atoms with van der Waals surface area (Å²) in [7, 11) is 0. The van der Waals surface area contributed by atoms with E-state index in [0.717, 1.165) is 6.42 Å². The van der Waals surface area contributed by atoms with Crippen LogP contribution in [0.3, 0.4) is 0 Å². The quantitative estimate of drug-likeness (QED) is 0.568. The van der Waals surface area contributed by atoms with E-state index >= 15 is 0 Å². The molecule has 0 aliphatic carbocycles. The minimum absolute atomic E-state index is 0. The summed E-state index contributed by atoms with van der Waals surface area (Å²) in [5, 5.41) is 17.0. The van der Waals surface area contributed by atoms with Gasteiger partial charge in [0.15, 0.2) is 0 Å². The monoisotopic (exact) mass is 305 g/mol. The van der Waals surface area contributed by atoms with Gasteiger partial charge in [-0.3, -0.25) is 19.6 Å². The molecule has 9 heteroatoms. The molecule has 1 aromatic rings. The Morgan fingerprint density at radius 2 is 2.30 bits per heavy atom. The Bertz CT molecular complexity index is 451. The van der Waals surface area contributed by atoms with Crippen LogP contribution in [0.2, 0.25) is 0 Å². The lowest BCUT2D eigenvalue weighted by atomic mass is 9.99. The molecule has 0 spiro atoms. The molecule has 0 aromatic carbocycles. The summed E-state index contributed by atoms with van der Waals surface area (Å²) in [4.78, 5) is 21.6. The Morgan fingerprint density at radius 3 is 2.80 bits per heavy atom. The van der Waals surface area contributed by atoms with E-state index in [9.17, 15) is 14.9 Å². The number of nitrogens with two attached hydrogens (primary N) is 1. The fraction of sp³-hybridized carbons (Fsp3) is 0.636. The number of nitrogens with one attached hydrogen (secondary N) is 1. The molecule has 1 rings (SSSR count). The normalized spacial score (nSPS) is 13.2. The molecule has 0 aliphatic heterocycles. The number of aromatic nitrogens is 2. The van der Waals surface area contributed by atoms with Crippen LogP contribution >= 0.6 is 12.4 Å². The second kappa shape index (κ2) is 8.49. The fourth-order valence-electron chi connectivity index (χ4n) is 1.49. The molecule has 20 heavy (non-hydrogen) atoms. The van der Waals surface area contributed by atoms with Crippen molar-refractivity contribution < 1.29 is 9.72 Å². The lowest BCUT2D eigenvalue weighted by Gasteiger charge is -2.17. The average Bonchev–Trinajstić information content (AvgIpc) is 2.85. The summed E-state index contributed by atoms with van der Waals surface area (Å²) in [6.07, 6.45) is 3.33. The van der Waals surface area contributed by atoms with Gasteiger partial charge in [-0.1, -0.05) is 20.3 Å². The van der Waals surface area contributed by atoms with Gasteiger partial charge < -0.3 is 11.1 Å². The van der Waals surface area contributed by atoms with Crippen LogP contribution in [0.4, 0.5) is 5.69 Å². The number of amides is 1. The molecule has 1 amide bonds. The molecule has 114 valence electrons. The third-order valence-corrected chi connectivity index (χ3v) is 3.03. The maximum atomic E-state index is 11.7. The molecule has 2 atom stereocenters. The van der Waals surface area contributed by atoms with Crippen LogP contribution in [-0.2, 0) is 11.3 Å². The van der Waals surface area contributed by atoms with Crippen LogP contribution in [0, 0.1) is 16.0 Å². The Kier molecular flexibility index (Phi) is 7.78. The first-order chi connectivity index (χ1) is 8.95. The van der Waals surface area contributed by atoms with E-state index in [2.05, 4.69) is 10.4 Å². The van der Waals surface area contributed by atoms with Crippen LogP contribution < -0.4 is 11.1 Å². The van der Waals surface area contributed by atoms with E-state index in [1.54, 1.807) is 0 Å². The lowest BCUT2D eigenvalue weighted by Crippen LogP contribution is -2.45. The van der Waals surface area contributed by atoms with E-state index in [-0.39, 0.29) is 29.9 Å². The molecule has 0 fully saturated rings. The van der Waals surface area contributed by atoms with Crippen LogP contribution in [0.5, 0.6) is 0 Å². The fourth-order valence-corrected chi connectivity index (χ4v) is 1.49. The molecule has 0 radical (unpaired) electrons. The molecule has 3 N–H and O–H groups in total. The topological polar surface area (TPSA) is 116 Å². The number of carbonyl (C=O) groups is 1. The van der Waals surface area contributed by atoms with Gasteiger partial charge in [0.25, 0.3) is 0 Å². The summed E-state index contributed by atoms with van der Waals surface area (Å²) >= 11 is 0. The molecule has 1 heterocycles. The maximum absolute atomic E-state index is 11.7. The van der Waals surface area contributed by atoms with Gasteiger partial charge in [-0.15, -0.1) is 12.4 Å². The van der Waals surface area contributed by atoms with Crippen molar-refractivity contribution in [3.8, 4) is 0 Å². The number of nitro groups is 1. The zero-order chi connectivity index (χ0) is 14.4. The van der Waals surface area contributed by atoms with Crippen LogP contribution in [0.25, 0.3) is 0 Å². The van der Waals surface area contributed by atoms with Crippen molar-refractivity contribution in [2.75, 3.05) is 6.54 Å². The van der Waals surface area contributed by atoms with Gasteiger partial charge in [-0.05, 0) is 5.92 Å². The van der Waals surface area contributed by atoms with Crippen molar-refractivity contribution in [3.63, 3.8) is 0 Å². The Labute approximate surface area is 123 Å². The van der Waals surface area contributed by atoms with Gasteiger partial charge in [-0.25, -0.2) is 0 Å². The highest BCUT2D eigenvalue weighted by Crippen LogP contribution is 2.07. The van der Waals surface area contributed by atoms with Crippen molar-refractivity contribution in [3.05, 3.63) is 22.5 Å². The first kappa shape index (κ1) is 18.3. The Hall–Kier alpha value is -1.67. The number of halogens is 1. The summed E-state index contributed by atoms with van der Waals surface area (Å²) in [6.45, 7) is 4.59. The third kappa shape index (κ3) is 5.14. The Balaban J connectivity index is 0.00000361. The number of rotatable bonds is 7. The van der Waals surface area contributed by atoms with Crippen molar-refractivity contribution in [1.29, 1.82) is 0 Å². The van der Waals surface area contributed by atoms with Crippen molar-refractivity contribution >= 4 is 24.0 Å². The minimum Gasteiger partial charge on any atom is -0.353 e. The molecule has 0 bridgehead atoms. The first-order valence-corrected chi connectivity index (χ1v) is 6.15. The highest BCUT2D eigenvalue weighted by atomic mass is 35.5. The predicted octanol–water partition coefficient (Wildman–Crippen LogP) is 0.703. The van der Waals surface area contributed by atoms with E-state index in [4.69, 9.17) is 5.73 Å². The zero-order valence-electron chi connectivity index (χ0n) is 11.5. The SMILES string of the molecule is CCC(C)C(N)C(=O)NCCn1cc([N+](=O)[O-])cn1.Cl. The number of nitrogens with zero attached hydrogens (tertiary/aromatic N) is 3.